The molecule has 0 spiro atoms. The van der Waals surface area contributed by atoms with E-state index in [-0.39, 0.29) is 12.4 Å². The van der Waals surface area contributed by atoms with E-state index >= 15 is 0 Å². The first-order valence-electron chi connectivity index (χ1n) is 4.66. The number of carbonyl (C=O) groups excluding carboxylic acids is 1. The Balaban J connectivity index is 1.82. The summed E-state index contributed by atoms with van der Waals surface area (Å²) in [6.45, 7) is 0.234. The van der Waals surface area contributed by atoms with E-state index in [2.05, 4.69) is 15.9 Å². The quantitative estimate of drug-likeness (QED) is 0.788. The molecule has 0 saturated heterocycles. The third-order valence-corrected chi connectivity index (χ3v) is 4.02. The van der Waals surface area contributed by atoms with Crippen molar-refractivity contribution in [3.05, 3.63) is 20.8 Å². The largest absolute Gasteiger partial charge is 0.370 e. The summed E-state index contributed by atoms with van der Waals surface area (Å²) in [5.41, 5.74) is 0. The van der Waals surface area contributed by atoms with Crippen LogP contribution in [0.3, 0.4) is 0 Å². The number of ether oxygens (including phenoxy) is 1. The normalized spacial score (nSPS) is 16.6. The zero-order chi connectivity index (χ0) is 9.97. The van der Waals surface area contributed by atoms with E-state index in [0.717, 1.165) is 21.5 Å². The maximum absolute atomic E-state index is 11.6. The Labute approximate surface area is 95.4 Å². The van der Waals surface area contributed by atoms with Crippen LogP contribution in [0.25, 0.3) is 0 Å². The van der Waals surface area contributed by atoms with Crippen molar-refractivity contribution < 1.29 is 9.53 Å². The lowest BCUT2D eigenvalue weighted by molar-refractivity contribution is 0.00748. The smallest absolute Gasteiger partial charge is 0.198 e. The van der Waals surface area contributed by atoms with E-state index in [1.54, 1.807) is 0 Å². The number of Topliss-reactive ketones (excluding diaryl/α,β-unsaturated/α-hetero) is 1. The van der Waals surface area contributed by atoms with Crippen molar-refractivity contribution in [1.82, 2.24) is 0 Å². The van der Waals surface area contributed by atoms with Crippen molar-refractivity contribution in [2.24, 2.45) is 0 Å². The zero-order valence-electron chi connectivity index (χ0n) is 7.66. The van der Waals surface area contributed by atoms with Crippen LogP contribution in [0, 0.1) is 0 Å². The molecule has 2 nitrogen and oxygen atoms in total. The standard InChI is InChI=1S/C10H11BrO2S/c11-10-5-4-9(14-10)8(12)6-13-7-2-1-3-7/h4-5,7H,1-3,6H2. The number of halogens is 1. The van der Waals surface area contributed by atoms with E-state index in [0.29, 0.717) is 6.10 Å². The van der Waals surface area contributed by atoms with Gasteiger partial charge in [-0.25, -0.2) is 0 Å². The second-order valence-electron chi connectivity index (χ2n) is 3.39. The molecule has 1 fully saturated rings. The molecule has 14 heavy (non-hydrogen) atoms. The van der Waals surface area contributed by atoms with Gasteiger partial charge in [0.25, 0.3) is 0 Å². The molecule has 0 N–H and O–H groups in total. The first kappa shape index (κ1) is 10.3. The lowest BCUT2D eigenvalue weighted by atomic mass is 9.96. The van der Waals surface area contributed by atoms with Crippen molar-refractivity contribution in [2.75, 3.05) is 6.61 Å². The number of rotatable bonds is 4. The summed E-state index contributed by atoms with van der Waals surface area (Å²) < 4.78 is 6.44. The molecule has 0 amide bonds. The number of carbonyl (C=O) groups is 1. The Kier molecular flexibility index (Phi) is 3.36. The van der Waals surface area contributed by atoms with Crippen molar-refractivity contribution in [3.63, 3.8) is 0 Å². The molecule has 1 aliphatic carbocycles. The first-order chi connectivity index (χ1) is 6.75. The minimum absolute atomic E-state index is 0.0904. The van der Waals surface area contributed by atoms with Crippen LogP contribution in [0.15, 0.2) is 15.9 Å². The number of hydrogen-bond acceptors (Lipinski definition) is 3. The summed E-state index contributed by atoms with van der Waals surface area (Å²) in [5, 5.41) is 0. The summed E-state index contributed by atoms with van der Waals surface area (Å²) in [7, 11) is 0. The monoisotopic (exact) mass is 274 g/mol. The molecule has 1 saturated carbocycles. The van der Waals surface area contributed by atoms with Crippen LogP contribution in [0.1, 0.15) is 28.9 Å². The molecular weight excluding hydrogens is 264 g/mol. The molecule has 0 aromatic carbocycles. The van der Waals surface area contributed by atoms with E-state index in [4.69, 9.17) is 4.74 Å². The highest BCUT2D eigenvalue weighted by Crippen LogP contribution is 2.24. The maximum Gasteiger partial charge on any atom is 0.198 e. The predicted octanol–water partition coefficient (Wildman–Crippen LogP) is 3.26. The molecule has 1 heterocycles. The minimum atomic E-state index is 0.0904. The van der Waals surface area contributed by atoms with Crippen LogP contribution in [-0.2, 0) is 4.74 Å². The van der Waals surface area contributed by atoms with Gasteiger partial charge in [0.2, 0.25) is 0 Å². The predicted molar refractivity (Wildman–Crippen MR) is 59.9 cm³/mol. The van der Waals surface area contributed by atoms with Crippen LogP contribution in [0.4, 0.5) is 0 Å². The van der Waals surface area contributed by atoms with Gasteiger partial charge in [0.1, 0.15) is 6.61 Å². The van der Waals surface area contributed by atoms with Crippen LogP contribution >= 0.6 is 27.3 Å². The molecule has 1 aliphatic rings. The fourth-order valence-corrected chi connectivity index (χ4v) is 2.58. The first-order valence-corrected chi connectivity index (χ1v) is 6.27. The van der Waals surface area contributed by atoms with E-state index < -0.39 is 0 Å². The minimum Gasteiger partial charge on any atom is -0.370 e. The highest BCUT2D eigenvalue weighted by molar-refractivity contribution is 9.11. The Morgan fingerprint density at radius 1 is 1.57 bits per heavy atom. The molecule has 1 aromatic heterocycles. The molecule has 0 unspecified atom stereocenters. The summed E-state index contributed by atoms with van der Waals surface area (Å²) >= 11 is 4.79. The molecule has 76 valence electrons. The Morgan fingerprint density at radius 2 is 2.36 bits per heavy atom. The average Bonchev–Trinajstić information content (AvgIpc) is 2.49. The van der Waals surface area contributed by atoms with Crippen molar-refractivity contribution in [2.45, 2.75) is 25.4 Å². The SMILES string of the molecule is O=C(COC1CCC1)c1ccc(Br)s1. The second-order valence-corrected chi connectivity index (χ2v) is 5.85. The van der Waals surface area contributed by atoms with Crippen molar-refractivity contribution in [1.29, 1.82) is 0 Å². The second kappa shape index (κ2) is 4.55. The molecular formula is C10H11BrO2S. The summed E-state index contributed by atoms with van der Waals surface area (Å²) in [4.78, 5) is 12.3. The van der Waals surface area contributed by atoms with Gasteiger partial charge in [-0.2, -0.15) is 0 Å². The van der Waals surface area contributed by atoms with Gasteiger partial charge >= 0.3 is 0 Å². The fraction of sp³-hybridized carbons (Fsp3) is 0.500. The third kappa shape index (κ3) is 2.43. The lowest BCUT2D eigenvalue weighted by Gasteiger charge is -2.24. The topological polar surface area (TPSA) is 26.3 Å². The number of hydrogen-bond donors (Lipinski definition) is 0. The van der Waals surface area contributed by atoms with Gasteiger partial charge in [0, 0.05) is 0 Å². The molecule has 1 aromatic rings. The van der Waals surface area contributed by atoms with Gasteiger partial charge in [0.15, 0.2) is 5.78 Å². The van der Waals surface area contributed by atoms with Gasteiger partial charge < -0.3 is 4.74 Å². The summed E-state index contributed by atoms with van der Waals surface area (Å²) in [5.74, 6) is 0.0904. The molecule has 0 aliphatic heterocycles. The Morgan fingerprint density at radius 3 is 2.86 bits per heavy atom. The Bertz CT molecular complexity index is 331. The summed E-state index contributed by atoms with van der Waals surface area (Å²) in [6, 6.07) is 3.72. The third-order valence-electron chi connectivity index (χ3n) is 2.35. The molecule has 4 heteroatoms. The van der Waals surface area contributed by atoms with Crippen molar-refractivity contribution in [3.8, 4) is 0 Å². The molecule has 2 rings (SSSR count). The van der Waals surface area contributed by atoms with Gasteiger partial charge in [0.05, 0.1) is 14.8 Å². The fourth-order valence-electron chi connectivity index (χ4n) is 1.27. The van der Waals surface area contributed by atoms with Crippen molar-refractivity contribution >= 4 is 33.0 Å². The van der Waals surface area contributed by atoms with E-state index in [1.165, 1.54) is 17.8 Å². The average molecular weight is 275 g/mol. The van der Waals surface area contributed by atoms with Crippen LogP contribution < -0.4 is 0 Å². The van der Waals surface area contributed by atoms with E-state index in [9.17, 15) is 4.79 Å². The lowest BCUT2D eigenvalue weighted by Crippen LogP contribution is -2.24. The number of ketones is 1. The van der Waals surface area contributed by atoms with Crippen LogP contribution in [0.5, 0.6) is 0 Å². The summed E-state index contributed by atoms with van der Waals surface area (Å²) in [6.07, 6.45) is 3.80. The van der Waals surface area contributed by atoms with Crippen LogP contribution in [-0.4, -0.2) is 18.5 Å². The van der Waals surface area contributed by atoms with Gasteiger partial charge in [-0.05, 0) is 47.3 Å². The highest BCUT2D eigenvalue weighted by atomic mass is 79.9. The highest BCUT2D eigenvalue weighted by Gasteiger charge is 2.19. The number of thiophene rings is 1. The van der Waals surface area contributed by atoms with E-state index in [1.807, 2.05) is 12.1 Å². The van der Waals surface area contributed by atoms with Gasteiger partial charge in [-0.3, -0.25) is 4.79 Å². The Hall–Kier alpha value is -0.190. The molecule has 0 bridgehead atoms. The molecule has 0 radical (unpaired) electrons. The zero-order valence-corrected chi connectivity index (χ0v) is 10.1. The van der Waals surface area contributed by atoms with Crippen LogP contribution in [0.2, 0.25) is 0 Å². The maximum atomic E-state index is 11.6. The van der Waals surface area contributed by atoms with Gasteiger partial charge in [-0.15, -0.1) is 11.3 Å². The van der Waals surface area contributed by atoms with Gasteiger partial charge in [-0.1, -0.05) is 0 Å². The molecule has 0 atom stereocenters.